The lowest BCUT2D eigenvalue weighted by atomic mass is 10.2. The highest BCUT2D eigenvalue weighted by Crippen LogP contribution is 2.23. The van der Waals surface area contributed by atoms with Crippen LogP contribution in [0.5, 0.6) is 0 Å². The van der Waals surface area contributed by atoms with E-state index < -0.39 is 0 Å². The summed E-state index contributed by atoms with van der Waals surface area (Å²) in [5.74, 6) is 1.14. The Morgan fingerprint density at radius 3 is 2.65 bits per heavy atom. The minimum absolute atomic E-state index is 0.815. The van der Waals surface area contributed by atoms with E-state index in [9.17, 15) is 0 Å². The van der Waals surface area contributed by atoms with Crippen molar-refractivity contribution in [1.82, 2.24) is 0 Å². The SMILES string of the molecule is CC.Nc1ccc(/C=C2/C/C=C\C=C/[NH2+]CCS2)cc1. The van der Waals surface area contributed by atoms with Crippen LogP contribution in [-0.2, 0) is 0 Å². The van der Waals surface area contributed by atoms with Crippen molar-refractivity contribution in [3.05, 3.63) is 59.2 Å². The molecule has 1 aliphatic rings. The van der Waals surface area contributed by atoms with Gasteiger partial charge in [-0.3, -0.25) is 0 Å². The van der Waals surface area contributed by atoms with Gasteiger partial charge in [0.05, 0.1) is 12.7 Å². The van der Waals surface area contributed by atoms with Gasteiger partial charge in [0.15, 0.2) is 0 Å². The highest BCUT2D eigenvalue weighted by Gasteiger charge is 1.99. The first-order valence-corrected chi connectivity index (χ1v) is 8.17. The van der Waals surface area contributed by atoms with Crippen LogP contribution in [0.15, 0.2) is 53.6 Å². The molecule has 0 aliphatic carbocycles. The van der Waals surface area contributed by atoms with E-state index >= 15 is 0 Å². The first-order chi connectivity index (χ1) is 9.84. The Kier molecular flexibility index (Phi) is 8.59. The van der Waals surface area contributed by atoms with Crippen LogP contribution in [0.25, 0.3) is 6.08 Å². The van der Waals surface area contributed by atoms with Crippen LogP contribution in [0.1, 0.15) is 25.8 Å². The number of nitrogen functional groups attached to an aromatic ring is 1. The number of anilines is 1. The Morgan fingerprint density at radius 1 is 1.15 bits per heavy atom. The van der Waals surface area contributed by atoms with E-state index in [1.807, 2.05) is 37.7 Å². The molecule has 3 heteroatoms. The molecule has 1 aromatic rings. The van der Waals surface area contributed by atoms with Crippen molar-refractivity contribution in [3.63, 3.8) is 0 Å². The minimum atomic E-state index is 0.815. The van der Waals surface area contributed by atoms with Gasteiger partial charge < -0.3 is 11.1 Å². The molecule has 1 aliphatic heterocycles. The first-order valence-electron chi connectivity index (χ1n) is 7.18. The van der Waals surface area contributed by atoms with Gasteiger partial charge in [0.1, 0.15) is 0 Å². The average Bonchev–Trinajstić information content (AvgIpc) is 2.50. The van der Waals surface area contributed by atoms with Crippen molar-refractivity contribution in [3.8, 4) is 0 Å². The van der Waals surface area contributed by atoms with Gasteiger partial charge in [0.25, 0.3) is 0 Å². The van der Waals surface area contributed by atoms with E-state index in [0.717, 1.165) is 24.4 Å². The highest BCUT2D eigenvalue weighted by molar-refractivity contribution is 8.03. The van der Waals surface area contributed by atoms with Crippen LogP contribution >= 0.6 is 11.8 Å². The molecular weight excluding hydrogens is 264 g/mol. The summed E-state index contributed by atoms with van der Waals surface area (Å²) in [5.41, 5.74) is 7.73. The fourth-order valence-electron chi connectivity index (χ4n) is 1.70. The van der Waals surface area contributed by atoms with Gasteiger partial charge in [-0.15, -0.1) is 11.8 Å². The molecule has 0 saturated heterocycles. The Labute approximate surface area is 126 Å². The van der Waals surface area contributed by atoms with Gasteiger partial charge in [-0.2, -0.15) is 0 Å². The second-order valence-corrected chi connectivity index (χ2v) is 5.39. The second-order valence-electron chi connectivity index (χ2n) is 4.17. The molecular formula is C17H25N2S+. The number of rotatable bonds is 1. The first kappa shape index (κ1) is 16.6. The van der Waals surface area contributed by atoms with Crippen molar-refractivity contribution < 1.29 is 5.32 Å². The lowest BCUT2D eigenvalue weighted by molar-refractivity contribution is -0.583. The van der Waals surface area contributed by atoms with Gasteiger partial charge in [-0.05, 0) is 41.2 Å². The minimum Gasteiger partial charge on any atom is -0.399 e. The van der Waals surface area contributed by atoms with Crippen LogP contribution in [0.3, 0.4) is 0 Å². The summed E-state index contributed by atoms with van der Waals surface area (Å²) in [5, 5.41) is 2.21. The molecule has 0 radical (unpaired) electrons. The van der Waals surface area contributed by atoms with Crippen LogP contribution in [0, 0.1) is 0 Å². The lowest BCUT2D eigenvalue weighted by Crippen LogP contribution is -2.78. The summed E-state index contributed by atoms with van der Waals surface area (Å²) in [6.07, 6.45) is 11.8. The third-order valence-corrected chi connectivity index (χ3v) is 3.74. The molecule has 0 atom stereocenters. The van der Waals surface area contributed by atoms with Crippen LogP contribution < -0.4 is 11.1 Å². The third kappa shape index (κ3) is 6.64. The highest BCUT2D eigenvalue weighted by atomic mass is 32.2. The standard InChI is InChI=1S/C15H18N2S.C2H6/c16-14-7-5-13(6-8-14)12-15-4-2-1-3-9-17-10-11-18-15;1-2/h1-3,5-9,12,17H,4,10-11,16H2;1-2H3/p+1/b2-1-,9-3-,15-12-;. The maximum absolute atomic E-state index is 5.69. The number of thioether (sulfide) groups is 1. The summed E-state index contributed by atoms with van der Waals surface area (Å²) in [6, 6.07) is 8.03. The van der Waals surface area contributed by atoms with Gasteiger partial charge in [-0.1, -0.05) is 38.1 Å². The Hall–Kier alpha value is -1.45. The number of hydrogen-bond donors (Lipinski definition) is 2. The zero-order chi connectivity index (χ0) is 14.6. The van der Waals surface area contributed by atoms with Crippen molar-refractivity contribution in [1.29, 1.82) is 0 Å². The van der Waals surface area contributed by atoms with E-state index in [4.69, 9.17) is 5.73 Å². The second kappa shape index (κ2) is 10.4. The third-order valence-electron chi connectivity index (χ3n) is 2.65. The monoisotopic (exact) mass is 289 g/mol. The van der Waals surface area contributed by atoms with Crippen molar-refractivity contribution in [2.75, 3.05) is 18.0 Å². The maximum atomic E-state index is 5.69. The van der Waals surface area contributed by atoms with Crippen LogP contribution in [-0.4, -0.2) is 12.3 Å². The Bertz CT molecular complexity index is 458. The molecule has 0 unspecified atom stereocenters. The summed E-state index contributed by atoms with van der Waals surface area (Å²) >= 11 is 1.93. The molecule has 2 nitrogen and oxygen atoms in total. The van der Waals surface area contributed by atoms with E-state index in [1.54, 1.807) is 0 Å². The van der Waals surface area contributed by atoms with Gasteiger partial charge in [0, 0.05) is 11.4 Å². The van der Waals surface area contributed by atoms with E-state index in [0.29, 0.717) is 0 Å². The molecule has 0 fully saturated rings. The van der Waals surface area contributed by atoms with E-state index in [2.05, 4.69) is 48.0 Å². The zero-order valence-corrected chi connectivity index (χ0v) is 13.2. The van der Waals surface area contributed by atoms with Crippen LogP contribution in [0.2, 0.25) is 0 Å². The number of allylic oxidation sites excluding steroid dienone is 4. The normalized spacial score (nSPS) is 20.6. The Morgan fingerprint density at radius 2 is 1.90 bits per heavy atom. The lowest BCUT2D eigenvalue weighted by Gasteiger charge is -2.05. The zero-order valence-electron chi connectivity index (χ0n) is 12.4. The fourth-order valence-corrected chi connectivity index (χ4v) is 2.65. The predicted molar refractivity (Wildman–Crippen MR) is 92.3 cm³/mol. The smallest absolute Gasteiger partial charge is 0.0925 e. The van der Waals surface area contributed by atoms with Crippen molar-refractivity contribution in [2.45, 2.75) is 20.3 Å². The fraction of sp³-hybridized carbons (Fsp3) is 0.294. The summed E-state index contributed by atoms with van der Waals surface area (Å²) in [6.45, 7) is 5.12. The van der Waals surface area contributed by atoms with Gasteiger partial charge in [-0.25, -0.2) is 0 Å². The Balaban J connectivity index is 0.000000956. The van der Waals surface area contributed by atoms with Crippen LogP contribution in [0.4, 0.5) is 5.69 Å². The number of nitrogens with two attached hydrogens (primary N) is 2. The number of quaternary nitrogens is 1. The molecule has 0 spiro atoms. The number of benzene rings is 1. The molecule has 0 amide bonds. The molecule has 2 rings (SSSR count). The number of hydrogen-bond acceptors (Lipinski definition) is 2. The predicted octanol–water partition coefficient (Wildman–Crippen LogP) is 3.41. The quantitative estimate of drug-likeness (QED) is 0.778. The molecule has 0 bridgehead atoms. The maximum Gasteiger partial charge on any atom is 0.0925 e. The largest absolute Gasteiger partial charge is 0.399 e. The molecule has 0 saturated carbocycles. The van der Waals surface area contributed by atoms with Gasteiger partial charge in [0.2, 0.25) is 0 Å². The summed E-state index contributed by atoms with van der Waals surface area (Å²) in [4.78, 5) is 1.40. The summed E-state index contributed by atoms with van der Waals surface area (Å²) < 4.78 is 0. The molecule has 1 aromatic carbocycles. The van der Waals surface area contributed by atoms with Crippen molar-refractivity contribution in [2.24, 2.45) is 0 Å². The van der Waals surface area contributed by atoms with Crippen molar-refractivity contribution >= 4 is 23.5 Å². The molecule has 108 valence electrons. The summed E-state index contributed by atoms with van der Waals surface area (Å²) in [7, 11) is 0. The molecule has 4 N–H and O–H groups in total. The van der Waals surface area contributed by atoms with E-state index in [-0.39, 0.29) is 0 Å². The average molecular weight is 289 g/mol. The van der Waals surface area contributed by atoms with Gasteiger partial charge >= 0.3 is 0 Å². The molecule has 1 heterocycles. The molecule has 0 aromatic heterocycles. The molecule has 20 heavy (non-hydrogen) atoms. The topological polar surface area (TPSA) is 42.6 Å². The van der Waals surface area contributed by atoms with E-state index in [1.165, 1.54) is 10.5 Å².